The number of benzene rings is 1. The lowest BCUT2D eigenvalue weighted by Gasteiger charge is -2.35. The number of fused-ring (bicyclic) bond motifs is 1. The van der Waals surface area contributed by atoms with Gasteiger partial charge in [0.25, 0.3) is 0 Å². The molecule has 0 spiro atoms. The Morgan fingerprint density at radius 3 is 2.58 bits per heavy atom. The van der Waals surface area contributed by atoms with Crippen molar-refractivity contribution in [2.24, 2.45) is 5.92 Å². The van der Waals surface area contributed by atoms with Gasteiger partial charge < -0.3 is 14.7 Å². The molecule has 31 heavy (non-hydrogen) atoms. The van der Waals surface area contributed by atoms with Gasteiger partial charge in [0.1, 0.15) is 12.1 Å². The zero-order chi connectivity index (χ0) is 22.4. The van der Waals surface area contributed by atoms with Crippen molar-refractivity contribution in [3.05, 3.63) is 35.9 Å². The molecular weight excluding hydrogens is 396 g/mol. The van der Waals surface area contributed by atoms with Gasteiger partial charge in [0.2, 0.25) is 5.91 Å². The van der Waals surface area contributed by atoms with Crippen molar-refractivity contribution in [1.82, 2.24) is 10.2 Å². The molecule has 7 nitrogen and oxygen atoms in total. The first-order chi connectivity index (χ1) is 14.9. The Morgan fingerprint density at radius 2 is 1.90 bits per heavy atom. The fraction of sp³-hybridized carbons (Fsp3) is 0.625. The van der Waals surface area contributed by atoms with Crippen molar-refractivity contribution in [2.75, 3.05) is 6.61 Å². The molecule has 2 N–H and O–H groups in total. The number of ether oxygens (including phenoxy) is 1. The highest BCUT2D eigenvalue weighted by atomic mass is 16.5. The molecule has 1 unspecified atom stereocenters. The van der Waals surface area contributed by atoms with E-state index in [4.69, 9.17) is 4.74 Å². The summed E-state index contributed by atoms with van der Waals surface area (Å²) in [7, 11) is 0. The van der Waals surface area contributed by atoms with Gasteiger partial charge in [-0.2, -0.15) is 0 Å². The zero-order valence-corrected chi connectivity index (χ0v) is 18.5. The fourth-order valence-electron chi connectivity index (χ4n) is 5.06. The quantitative estimate of drug-likeness (QED) is 0.585. The third-order valence-electron chi connectivity index (χ3n) is 6.58. The van der Waals surface area contributed by atoms with E-state index in [1.165, 1.54) is 0 Å². The van der Waals surface area contributed by atoms with Crippen molar-refractivity contribution in [1.29, 1.82) is 0 Å². The van der Waals surface area contributed by atoms with Gasteiger partial charge in [0.05, 0.1) is 12.6 Å². The number of esters is 1. The lowest BCUT2D eigenvalue weighted by molar-refractivity contribution is -0.152. The number of rotatable bonds is 9. The second-order valence-electron chi connectivity index (χ2n) is 8.66. The number of likely N-dealkylation sites (tertiary alicyclic amines) is 1. The molecule has 1 saturated heterocycles. The second kappa shape index (κ2) is 10.8. The minimum atomic E-state index is -0.944. The van der Waals surface area contributed by atoms with Crippen LogP contribution in [-0.2, 0) is 25.5 Å². The van der Waals surface area contributed by atoms with E-state index in [9.17, 15) is 19.5 Å². The molecule has 0 radical (unpaired) electrons. The monoisotopic (exact) mass is 430 g/mol. The summed E-state index contributed by atoms with van der Waals surface area (Å²) in [6.45, 7) is 3.74. The van der Waals surface area contributed by atoms with Crippen LogP contribution in [0.2, 0.25) is 0 Å². The van der Waals surface area contributed by atoms with Crippen LogP contribution in [0.1, 0.15) is 57.9 Å². The summed E-state index contributed by atoms with van der Waals surface area (Å²) in [4.78, 5) is 39.3. The number of carboxylic acids is 1. The summed E-state index contributed by atoms with van der Waals surface area (Å²) >= 11 is 0. The van der Waals surface area contributed by atoms with Crippen molar-refractivity contribution in [2.45, 2.75) is 83.0 Å². The second-order valence-corrected chi connectivity index (χ2v) is 8.66. The van der Waals surface area contributed by atoms with Gasteiger partial charge in [-0.25, -0.2) is 4.79 Å². The summed E-state index contributed by atoms with van der Waals surface area (Å²) < 4.78 is 5.22. The molecule has 1 aliphatic heterocycles. The van der Waals surface area contributed by atoms with Crippen LogP contribution in [0.25, 0.3) is 0 Å². The first-order valence-corrected chi connectivity index (χ1v) is 11.4. The lowest BCUT2D eigenvalue weighted by atomic mass is 9.84. The van der Waals surface area contributed by atoms with Gasteiger partial charge in [-0.3, -0.25) is 14.9 Å². The highest BCUT2D eigenvalue weighted by Gasteiger charge is 2.48. The van der Waals surface area contributed by atoms with E-state index < -0.39 is 24.1 Å². The number of carbonyl (C=O) groups excluding carboxylic acids is 2. The summed E-state index contributed by atoms with van der Waals surface area (Å²) in [5.41, 5.74) is 1.10. The highest BCUT2D eigenvalue weighted by Crippen LogP contribution is 2.40. The van der Waals surface area contributed by atoms with Crippen molar-refractivity contribution < 1.29 is 24.2 Å². The predicted molar refractivity (Wildman–Crippen MR) is 116 cm³/mol. The number of hydrogen-bond acceptors (Lipinski definition) is 5. The van der Waals surface area contributed by atoms with Crippen LogP contribution >= 0.6 is 0 Å². The van der Waals surface area contributed by atoms with E-state index in [0.717, 1.165) is 31.2 Å². The maximum atomic E-state index is 13.4. The molecule has 2 aliphatic rings. The van der Waals surface area contributed by atoms with Gasteiger partial charge in [-0.1, -0.05) is 43.2 Å². The molecular formula is C24H34N2O5. The summed E-state index contributed by atoms with van der Waals surface area (Å²) in [5.74, 6) is -1.31. The topological polar surface area (TPSA) is 95.9 Å². The molecule has 3 rings (SSSR count). The normalized spacial score (nSPS) is 24.8. The maximum absolute atomic E-state index is 13.4. The zero-order valence-electron chi connectivity index (χ0n) is 18.5. The van der Waals surface area contributed by atoms with E-state index in [2.05, 4.69) is 5.32 Å². The van der Waals surface area contributed by atoms with Crippen molar-refractivity contribution >= 4 is 17.8 Å². The highest BCUT2D eigenvalue weighted by molar-refractivity contribution is 5.88. The first kappa shape index (κ1) is 23.3. The maximum Gasteiger partial charge on any atom is 0.326 e. The minimum Gasteiger partial charge on any atom is -0.480 e. The number of hydrogen-bond donors (Lipinski definition) is 2. The molecule has 1 aliphatic carbocycles. The van der Waals surface area contributed by atoms with E-state index in [1.54, 1.807) is 18.7 Å². The van der Waals surface area contributed by atoms with Crippen LogP contribution in [0.3, 0.4) is 0 Å². The molecule has 1 amide bonds. The molecule has 1 saturated carbocycles. The lowest BCUT2D eigenvalue weighted by Crippen LogP contribution is -2.55. The van der Waals surface area contributed by atoms with Crippen LogP contribution in [0.15, 0.2) is 30.3 Å². The van der Waals surface area contributed by atoms with Crippen LogP contribution in [0.4, 0.5) is 0 Å². The van der Waals surface area contributed by atoms with Crippen LogP contribution < -0.4 is 5.32 Å². The fourth-order valence-corrected chi connectivity index (χ4v) is 5.06. The average molecular weight is 431 g/mol. The Labute approximate surface area is 184 Å². The Hall–Kier alpha value is -2.41. The summed E-state index contributed by atoms with van der Waals surface area (Å²) in [6.07, 6.45) is 5.62. The van der Waals surface area contributed by atoms with E-state index in [0.29, 0.717) is 19.3 Å². The first-order valence-electron chi connectivity index (χ1n) is 11.4. The van der Waals surface area contributed by atoms with E-state index in [-0.39, 0.29) is 30.4 Å². The van der Waals surface area contributed by atoms with Crippen molar-refractivity contribution in [3.8, 4) is 0 Å². The Balaban J connectivity index is 1.70. The van der Waals surface area contributed by atoms with Crippen LogP contribution in [0, 0.1) is 5.92 Å². The Kier molecular flexibility index (Phi) is 8.07. The standard InChI is InChI=1S/C24H34N2O5/c1-3-31-24(30)19(14-13-17-9-5-4-6-10-17)25-16(2)22(27)26-20-12-8-7-11-18(20)15-21(26)23(28)29/h4-6,9-10,16,18-21,25H,3,7-8,11-15H2,1-2H3,(H,28,29)/t16-,18+,19?,20-,21-/m0/s1. The molecule has 2 fully saturated rings. The van der Waals surface area contributed by atoms with Crippen molar-refractivity contribution in [3.63, 3.8) is 0 Å². The number of nitrogens with zero attached hydrogens (tertiary/aromatic N) is 1. The largest absolute Gasteiger partial charge is 0.480 e. The number of nitrogens with one attached hydrogen (secondary N) is 1. The molecule has 1 aromatic carbocycles. The van der Waals surface area contributed by atoms with E-state index >= 15 is 0 Å². The Morgan fingerprint density at radius 1 is 1.19 bits per heavy atom. The minimum absolute atomic E-state index is 0.0167. The Bertz CT molecular complexity index is 768. The molecule has 0 aromatic heterocycles. The third kappa shape index (κ3) is 5.64. The number of carboxylic acid groups (broad SMARTS) is 1. The molecule has 0 bridgehead atoms. The smallest absolute Gasteiger partial charge is 0.326 e. The molecule has 170 valence electrons. The van der Waals surface area contributed by atoms with Gasteiger partial charge in [-0.05, 0) is 57.4 Å². The van der Waals surface area contributed by atoms with Gasteiger partial charge in [0, 0.05) is 6.04 Å². The van der Waals surface area contributed by atoms with Gasteiger partial charge >= 0.3 is 11.9 Å². The molecule has 5 atom stereocenters. The number of amides is 1. The van der Waals surface area contributed by atoms with Gasteiger partial charge in [0.15, 0.2) is 0 Å². The predicted octanol–water partition coefficient (Wildman–Crippen LogP) is 2.77. The summed E-state index contributed by atoms with van der Waals surface area (Å²) in [5, 5.41) is 12.9. The van der Waals surface area contributed by atoms with Crippen LogP contribution in [-0.4, -0.2) is 58.6 Å². The number of aliphatic carboxylic acids is 1. The third-order valence-corrected chi connectivity index (χ3v) is 6.58. The number of carbonyl (C=O) groups is 3. The molecule has 7 heteroatoms. The number of aryl methyl sites for hydroxylation is 1. The van der Waals surface area contributed by atoms with Crippen LogP contribution in [0.5, 0.6) is 0 Å². The average Bonchev–Trinajstić information content (AvgIpc) is 3.16. The van der Waals surface area contributed by atoms with Gasteiger partial charge in [-0.15, -0.1) is 0 Å². The molecule has 1 aromatic rings. The SMILES string of the molecule is CCOC(=O)C(CCc1ccccc1)N[C@@H](C)C(=O)N1[C@H](C(=O)O)C[C@H]2CCCC[C@@H]21. The summed E-state index contributed by atoms with van der Waals surface area (Å²) in [6, 6.07) is 7.75. The molecule has 1 heterocycles. The van der Waals surface area contributed by atoms with E-state index in [1.807, 2.05) is 30.3 Å².